The lowest BCUT2D eigenvalue weighted by molar-refractivity contribution is -0.206. The van der Waals surface area contributed by atoms with E-state index in [4.69, 9.17) is 4.74 Å². The Morgan fingerprint density at radius 2 is 1.96 bits per heavy atom. The van der Waals surface area contributed by atoms with E-state index in [0.717, 1.165) is 43.8 Å². The van der Waals surface area contributed by atoms with Crippen molar-refractivity contribution in [3.05, 3.63) is 22.7 Å². The number of carbonyl (C=O) groups is 1. The van der Waals surface area contributed by atoms with Crippen molar-refractivity contribution in [1.29, 1.82) is 0 Å². The number of hydrogen-bond donors (Lipinski definition) is 2. The van der Waals surface area contributed by atoms with Crippen molar-refractivity contribution in [3.8, 4) is 0 Å². The number of allylic oxidation sites excluding steroid dienone is 2. The molecule has 2 heterocycles. The van der Waals surface area contributed by atoms with E-state index in [1.807, 2.05) is 0 Å². The van der Waals surface area contributed by atoms with Crippen molar-refractivity contribution in [3.63, 3.8) is 0 Å². The Hall–Kier alpha value is -1.08. The Morgan fingerprint density at radius 1 is 1.19 bits per heavy atom. The summed E-state index contributed by atoms with van der Waals surface area (Å²) in [5.74, 6) is 1.70. The molecule has 2 saturated carbocycles. The zero-order valence-corrected chi connectivity index (χ0v) is 16.2. The number of carbonyl (C=O) groups excluding carboxylic acids is 1. The molecule has 0 aromatic rings. The van der Waals surface area contributed by atoms with E-state index < -0.39 is 17.1 Å². The maximum Gasteiger partial charge on any atom is 0.174 e. The van der Waals surface area contributed by atoms with Crippen LogP contribution in [-0.2, 0) is 9.53 Å². The van der Waals surface area contributed by atoms with Gasteiger partial charge in [-0.15, -0.1) is 12.4 Å². The summed E-state index contributed by atoms with van der Waals surface area (Å²) in [5, 5.41) is 22.4. The Labute approximate surface area is 165 Å². The van der Waals surface area contributed by atoms with E-state index in [1.165, 1.54) is 18.4 Å². The summed E-state index contributed by atoms with van der Waals surface area (Å²) >= 11 is 0. The highest BCUT2D eigenvalue weighted by molar-refractivity contribution is 5.88. The normalized spacial score (nSPS) is 42.2. The molecule has 0 aromatic carbocycles. The highest BCUT2D eigenvalue weighted by Crippen LogP contribution is 2.67. The lowest BCUT2D eigenvalue weighted by Gasteiger charge is -2.62. The van der Waals surface area contributed by atoms with Crippen LogP contribution in [0, 0.1) is 11.3 Å². The summed E-state index contributed by atoms with van der Waals surface area (Å²) in [6.07, 6.45) is 5.99. The Morgan fingerprint density at radius 3 is 2.70 bits per heavy atom. The summed E-state index contributed by atoms with van der Waals surface area (Å²) in [4.78, 5) is 15.2. The van der Waals surface area contributed by atoms with Crippen molar-refractivity contribution < 1.29 is 25.2 Å². The number of Topliss-reactive ketones (excluding diaryl/α,β-unsaturated/α-hetero) is 1. The molecule has 1 spiro atoms. The molecule has 6 rings (SSSR count). The van der Waals surface area contributed by atoms with Gasteiger partial charge in [-0.1, -0.05) is 5.57 Å². The van der Waals surface area contributed by atoms with Crippen LogP contribution in [-0.4, -0.2) is 57.2 Å². The first-order valence-electron chi connectivity index (χ1n) is 9.85. The minimum absolute atomic E-state index is 0. The number of aliphatic hydroxyl groups is 2. The number of likely N-dealkylation sites (tertiary alicyclic amines) is 1. The number of halogens is 1. The molecule has 0 radical (unpaired) electrons. The van der Waals surface area contributed by atoms with Crippen molar-refractivity contribution in [2.45, 2.75) is 69.1 Å². The van der Waals surface area contributed by atoms with Gasteiger partial charge in [-0.3, -0.25) is 9.69 Å². The van der Waals surface area contributed by atoms with Crippen molar-refractivity contribution in [2.24, 2.45) is 11.3 Å². The first-order valence-corrected chi connectivity index (χ1v) is 9.85. The summed E-state index contributed by atoms with van der Waals surface area (Å²) < 4.78 is 6.09. The molecular formula is C20H28ClNO5. The van der Waals surface area contributed by atoms with Crippen LogP contribution in [0.3, 0.4) is 0 Å². The lowest BCUT2D eigenvalue weighted by Crippen LogP contribution is -2.73. The summed E-state index contributed by atoms with van der Waals surface area (Å²) in [7, 11) is 0. The molecule has 0 unspecified atom stereocenters. The fraction of sp³-hybridized carbons (Fsp3) is 0.750. The molecule has 6 nitrogen and oxygen atoms in total. The molecule has 4 fully saturated rings. The van der Waals surface area contributed by atoms with Gasteiger partial charge in [0.1, 0.15) is 5.76 Å². The number of piperidine rings is 1. The quantitative estimate of drug-likeness (QED) is 0.739. The average Bonchev–Trinajstić information content (AvgIpc) is 3.32. The Kier molecular flexibility index (Phi) is 4.25. The van der Waals surface area contributed by atoms with Gasteiger partial charge >= 0.3 is 0 Å². The Balaban J connectivity index is 0.000000900. The molecule has 4 atom stereocenters. The number of aliphatic hydroxyl groups excluding tert-OH is 1. The van der Waals surface area contributed by atoms with Crippen LogP contribution in [0.2, 0.25) is 0 Å². The maximum atomic E-state index is 12.7. The van der Waals surface area contributed by atoms with Crippen molar-refractivity contribution in [2.75, 3.05) is 13.1 Å². The smallest absolute Gasteiger partial charge is 0.174 e. The molecule has 6 aliphatic rings. The number of rotatable bonds is 2. The van der Waals surface area contributed by atoms with E-state index in [2.05, 4.69) is 4.90 Å². The molecule has 7 heteroatoms. The molecule has 150 valence electrons. The van der Waals surface area contributed by atoms with E-state index in [9.17, 15) is 15.0 Å². The zero-order valence-electron chi connectivity index (χ0n) is 15.4. The van der Waals surface area contributed by atoms with Gasteiger partial charge in [-0.2, -0.15) is 0 Å². The highest BCUT2D eigenvalue weighted by Gasteiger charge is 2.74. The van der Waals surface area contributed by atoms with Crippen LogP contribution in [0.25, 0.3) is 0 Å². The van der Waals surface area contributed by atoms with E-state index in [1.54, 1.807) is 0 Å². The number of nitrogens with zero attached hydrogens (tertiary/aromatic N) is 1. The van der Waals surface area contributed by atoms with Crippen molar-refractivity contribution in [1.82, 2.24) is 4.90 Å². The predicted octanol–water partition coefficient (Wildman–Crippen LogP) is 1.81. The second-order valence-electron chi connectivity index (χ2n) is 9.02. The van der Waals surface area contributed by atoms with Gasteiger partial charge in [0.2, 0.25) is 0 Å². The van der Waals surface area contributed by atoms with Gasteiger partial charge in [0.15, 0.2) is 17.6 Å². The van der Waals surface area contributed by atoms with Gasteiger partial charge in [0, 0.05) is 31.0 Å². The molecule has 2 saturated heterocycles. The SMILES string of the molecule is Cl.O.O=C1CC[C@@]2(O)[C@H]3CC4=C5C(=C(O)CC4)O[C@@H]1[C@]52CCN3CC1CC1. The minimum atomic E-state index is -0.906. The van der Waals surface area contributed by atoms with Gasteiger partial charge in [-0.25, -0.2) is 0 Å². The summed E-state index contributed by atoms with van der Waals surface area (Å²) in [5.41, 5.74) is 0.806. The topological polar surface area (TPSA) is 102 Å². The monoisotopic (exact) mass is 397 g/mol. The van der Waals surface area contributed by atoms with Crippen LogP contribution in [0.15, 0.2) is 22.7 Å². The van der Waals surface area contributed by atoms with Gasteiger partial charge in [0.05, 0.1) is 11.0 Å². The van der Waals surface area contributed by atoms with Crippen LogP contribution < -0.4 is 0 Å². The second-order valence-corrected chi connectivity index (χ2v) is 9.02. The molecule has 4 aliphatic carbocycles. The molecule has 0 amide bonds. The molecule has 0 aromatic heterocycles. The standard InChI is InChI=1S/C20H25NO4.ClH.H2O/c22-13-4-3-12-9-15-20(24)6-5-14(23)18-19(20,16(12)17(13)25-18)7-8-21(15)10-11-1-2-11;;/h11,15,18,22,24H,1-10H2;1H;1H2/t15-,18+,19+,20-;;/m1../s1. The fourth-order valence-electron chi connectivity index (χ4n) is 6.56. The van der Waals surface area contributed by atoms with Gasteiger partial charge < -0.3 is 20.4 Å². The first kappa shape index (κ1) is 19.2. The third-order valence-corrected chi connectivity index (χ3v) is 7.87. The molecule has 27 heavy (non-hydrogen) atoms. The van der Waals surface area contributed by atoms with Crippen LogP contribution in [0.5, 0.6) is 0 Å². The zero-order chi connectivity index (χ0) is 17.0. The highest BCUT2D eigenvalue weighted by atomic mass is 35.5. The summed E-state index contributed by atoms with van der Waals surface area (Å²) in [6, 6.07) is 0.0967. The van der Waals surface area contributed by atoms with Crippen LogP contribution >= 0.6 is 12.4 Å². The minimum Gasteiger partial charge on any atom is -0.508 e. The summed E-state index contributed by atoms with van der Waals surface area (Å²) in [6.45, 7) is 2.00. The number of ketones is 1. The van der Waals surface area contributed by atoms with Crippen LogP contribution in [0.4, 0.5) is 0 Å². The molecular weight excluding hydrogens is 370 g/mol. The van der Waals surface area contributed by atoms with Crippen molar-refractivity contribution >= 4 is 18.2 Å². The van der Waals surface area contributed by atoms with Gasteiger partial charge in [0.25, 0.3) is 0 Å². The molecule has 2 aliphatic heterocycles. The fourth-order valence-corrected chi connectivity index (χ4v) is 6.56. The molecule has 4 N–H and O–H groups in total. The van der Waals surface area contributed by atoms with Gasteiger partial charge in [-0.05, 0) is 51.0 Å². The van der Waals surface area contributed by atoms with Crippen LogP contribution in [0.1, 0.15) is 51.4 Å². The largest absolute Gasteiger partial charge is 0.508 e. The predicted molar refractivity (Wildman–Crippen MR) is 101 cm³/mol. The maximum absolute atomic E-state index is 12.7. The molecule has 2 bridgehead atoms. The van der Waals surface area contributed by atoms with E-state index in [-0.39, 0.29) is 35.5 Å². The number of ether oxygens (including phenoxy) is 1. The average molecular weight is 398 g/mol. The Bertz CT molecular complexity index is 759. The first-order chi connectivity index (χ1) is 12.0. The van der Waals surface area contributed by atoms with E-state index in [0.29, 0.717) is 25.0 Å². The second kappa shape index (κ2) is 5.96. The third kappa shape index (κ3) is 2.16. The lowest BCUT2D eigenvalue weighted by atomic mass is 9.48. The third-order valence-electron chi connectivity index (χ3n) is 7.87. The van der Waals surface area contributed by atoms with E-state index >= 15 is 0 Å². The number of hydrogen-bond acceptors (Lipinski definition) is 5.